The number of nitrogens with one attached hydrogen (secondary N) is 4. The summed E-state index contributed by atoms with van der Waals surface area (Å²) in [6.07, 6.45) is 0. The van der Waals surface area contributed by atoms with Crippen LogP contribution in [-0.2, 0) is 11.3 Å². The summed E-state index contributed by atoms with van der Waals surface area (Å²) in [6, 6.07) is 7.22. The van der Waals surface area contributed by atoms with E-state index in [1.165, 1.54) is 4.90 Å². The Balaban J connectivity index is 1.81. The van der Waals surface area contributed by atoms with E-state index in [-0.39, 0.29) is 23.5 Å². The Morgan fingerprint density at radius 1 is 1.11 bits per heavy atom. The zero-order chi connectivity index (χ0) is 19.9. The maximum absolute atomic E-state index is 12.4. The normalized spacial score (nSPS) is 15.4. The molecule has 0 spiro atoms. The van der Waals surface area contributed by atoms with Gasteiger partial charge in [-0.15, -0.1) is 0 Å². The van der Waals surface area contributed by atoms with Crippen molar-refractivity contribution >= 4 is 11.9 Å². The van der Waals surface area contributed by atoms with E-state index in [1.54, 1.807) is 12.1 Å². The average Bonchev–Trinajstić information content (AvgIpc) is 2.65. The number of hydrogen-bond acceptors (Lipinski definition) is 3. The first kappa shape index (κ1) is 21.2. The fourth-order valence-corrected chi connectivity index (χ4v) is 3.09. The van der Waals surface area contributed by atoms with E-state index in [4.69, 9.17) is 4.74 Å². The van der Waals surface area contributed by atoms with Crippen LogP contribution >= 0.6 is 0 Å². The highest BCUT2D eigenvalue weighted by atomic mass is 16.5. The lowest BCUT2D eigenvalue weighted by Gasteiger charge is -2.37. The Morgan fingerprint density at radius 2 is 1.74 bits per heavy atom. The highest BCUT2D eigenvalue weighted by molar-refractivity contribution is 5.94. The Morgan fingerprint density at radius 3 is 2.33 bits per heavy atom. The highest BCUT2D eigenvalue weighted by Gasteiger charge is 2.32. The van der Waals surface area contributed by atoms with Crippen molar-refractivity contribution < 1.29 is 19.2 Å². The quantitative estimate of drug-likeness (QED) is 0.552. The summed E-state index contributed by atoms with van der Waals surface area (Å²) >= 11 is 0. The summed E-state index contributed by atoms with van der Waals surface area (Å²) in [7, 11) is 0. The Bertz CT molecular complexity index is 623. The lowest BCUT2D eigenvalue weighted by atomic mass is 10.0. The lowest BCUT2D eigenvalue weighted by molar-refractivity contribution is -0.954. The van der Waals surface area contributed by atoms with Gasteiger partial charge in [-0.05, 0) is 45.4 Å². The molecule has 0 radical (unpaired) electrons. The Kier molecular flexibility index (Phi) is 7.62. The standard InChI is InChI=1S/C20H32N4O3/c1-15(2)23-19(26)21-13-16-5-7-17(8-6-16)18(25)22-14-20(3,4)24-9-11-27-12-10-24/h5-8,15H,9-14H2,1-4H3,(H,22,25)(H2,21,23,26)/p+1. The third-order valence-corrected chi connectivity index (χ3v) is 4.83. The van der Waals surface area contributed by atoms with Crippen molar-refractivity contribution in [2.24, 2.45) is 0 Å². The van der Waals surface area contributed by atoms with Crippen molar-refractivity contribution in [1.82, 2.24) is 16.0 Å². The van der Waals surface area contributed by atoms with Crippen molar-refractivity contribution in [3.63, 3.8) is 0 Å². The third kappa shape index (κ3) is 6.84. The predicted molar refractivity (Wildman–Crippen MR) is 105 cm³/mol. The topological polar surface area (TPSA) is 83.9 Å². The predicted octanol–water partition coefficient (Wildman–Crippen LogP) is 0.318. The number of morpholine rings is 1. The number of carbonyl (C=O) groups is 2. The molecule has 0 saturated carbocycles. The second-order valence-corrected chi connectivity index (χ2v) is 7.96. The number of carbonyl (C=O) groups excluding carboxylic acids is 2. The number of amides is 3. The zero-order valence-electron chi connectivity index (χ0n) is 16.9. The van der Waals surface area contributed by atoms with Crippen molar-refractivity contribution in [1.29, 1.82) is 0 Å². The first-order valence-corrected chi connectivity index (χ1v) is 9.62. The Hall–Kier alpha value is -2.12. The van der Waals surface area contributed by atoms with Crippen LogP contribution < -0.4 is 20.9 Å². The number of rotatable bonds is 7. The van der Waals surface area contributed by atoms with Crippen LogP contribution in [-0.4, -0.2) is 56.4 Å². The fraction of sp³-hybridized carbons (Fsp3) is 0.600. The van der Waals surface area contributed by atoms with E-state index < -0.39 is 0 Å². The molecule has 1 aliphatic heterocycles. The number of urea groups is 1. The van der Waals surface area contributed by atoms with E-state index in [0.717, 1.165) is 31.9 Å². The largest absolute Gasteiger partial charge is 0.370 e. The van der Waals surface area contributed by atoms with Crippen molar-refractivity contribution in [3.8, 4) is 0 Å². The average molecular weight is 378 g/mol. The molecule has 1 fully saturated rings. The minimum Gasteiger partial charge on any atom is -0.370 e. The molecule has 7 nitrogen and oxygen atoms in total. The molecule has 0 atom stereocenters. The summed E-state index contributed by atoms with van der Waals surface area (Å²) in [5.41, 5.74) is 1.54. The molecule has 0 aliphatic carbocycles. The Labute approximate surface area is 161 Å². The van der Waals surface area contributed by atoms with Crippen LogP contribution in [0.25, 0.3) is 0 Å². The number of benzene rings is 1. The van der Waals surface area contributed by atoms with E-state index in [0.29, 0.717) is 18.7 Å². The molecular formula is C20H33N4O3+. The van der Waals surface area contributed by atoms with Gasteiger partial charge in [0, 0.05) is 18.2 Å². The molecule has 27 heavy (non-hydrogen) atoms. The van der Waals surface area contributed by atoms with E-state index in [2.05, 4.69) is 29.8 Å². The minimum atomic E-state index is -0.195. The summed E-state index contributed by atoms with van der Waals surface area (Å²) in [6.45, 7) is 12.7. The molecule has 0 unspecified atom stereocenters. The molecule has 0 aromatic heterocycles. The van der Waals surface area contributed by atoms with Gasteiger partial charge in [0.15, 0.2) is 0 Å². The van der Waals surface area contributed by atoms with Crippen LogP contribution in [0.1, 0.15) is 43.6 Å². The molecule has 1 heterocycles. The summed E-state index contributed by atoms with van der Waals surface area (Å²) < 4.78 is 5.42. The van der Waals surface area contributed by atoms with Gasteiger partial charge in [-0.3, -0.25) is 4.79 Å². The first-order chi connectivity index (χ1) is 12.8. The number of ether oxygens (including phenoxy) is 1. The van der Waals surface area contributed by atoms with Gasteiger partial charge in [-0.25, -0.2) is 4.79 Å². The van der Waals surface area contributed by atoms with E-state index in [9.17, 15) is 9.59 Å². The van der Waals surface area contributed by atoms with Gasteiger partial charge in [-0.2, -0.15) is 0 Å². The van der Waals surface area contributed by atoms with Gasteiger partial charge in [-0.1, -0.05) is 12.1 Å². The molecule has 3 amide bonds. The molecule has 0 bridgehead atoms. The molecule has 150 valence electrons. The molecule has 1 saturated heterocycles. The van der Waals surface area contributed by atoms with Crippen molar-refractivity contribution in [2.75, 3.05) is 32.8 Å². The second kappa shape index (κ2) is 9.71. The fourth-order valence-electron chi connectivity index (χ4n) is 3.09. The van der Waals surface area contributed by atoms with Crippen LogP contribution in [0.3, 0.4) is 0 Å². The van der Waals surface area contributed by atoms with Crippen LogP contribution in [0.5, 0.6) is 0 Å². The maximum Gasteiger partial charge on any atom is 0.315 e. The van der Waals surface area contributed by atoms with Gasteiger partial charge in [0.05, 0.1) is 19.8 Å². The molecule has 2 rings (SSSR count). The summed E-state index contributed by atoms with van der Waals surface area (Å²) in [5.74, 6) is -0.0761. The monoisotopic (exact) mass is 377 g/mol. The number of quaternary nitrogens is 1. The molecule has 7 heteroatoms. The summed E-state index contributed by atoms with van der Waals surface area (Å²) in [4.78, 5) is 25.5. The molecule has 1 aromatic rings. The van der Waals surface area contributed by atoms with E-state index in [1.807, 2.05) is 26.0 Å². The van der Waals surface area contributed by atoms with Gasteiger partial charge in [0.1, 0.15) is 18.6 Å². The number of hydrogen-bond donors (Lipinski definition) is 4. The second-order valence-electron chi connectivity index (χ2n) is 7.96. The zero-order valence-corrected chi connectivity index (χ0v) is 16.9. The molecular weight excluding hydrogens is 344 g/mol. The van der Waals surface area contributed by atoms with Crippen molar-refractivity contribution in [3.05, 3.63) is 35.4 Å². The SMILES string of the molecule is CC(C)NC(=O)NCc1ccc(C(=O)NCC(C)(C)[NH+]2CCOCC2)cc1. The smallest absolute Gasteiger partial charge is 0.315 e. The van der Waals surface area contributed by atoms with Gasteiger partial charge in [0.2, 0.25) is 0 Å². The van der Waals surface area contributed by atoms with Crippen LogP contribution in [0.15, 0.2) is 24.3 Å². The van der Waals surface area contributed by atoms with Crippen LogP contribution in [0.2, 0.25) is 0 Å². The van der Waals surface area contributed by atoms with Crippen LogP contribution in [0, 0.1) is 0 Å². The molecule has 4 N–H and O–H groups in total. The summed E-state index contributed by atoms with van der Waals surface area (Å²) in [5, 5.41) is 8.62. The third-order valence-electron chi connectivity index (χ3n) is 4.83. The van der Waals surface area contributed by atoms with Gasteiger partial charge in [0.25, 0.3) is 5.91 Å². The lowest BCUT2D eigenvalue weighted by Crippen LogP contribution is -3.22. The van der Waals surface area contributed by atoms with Gasteiger partial charge < -0.3 is 25.6 Å². The molecule has 1 aromatic carbocycles. The molecule has 1 aliphatic rings. The van der Waals surface area contributed by atoms with E-state index >= 15 is 0 Å². The first-order valence-electron chi connectivity index (χ1n) is 9.62. The van der Waals surface area contributed by atoms with Crippen molar-refractivity contribution in [2.45, 2.75) is 45.8 Å². The maximum atomic E-state index is 12.4. The highest BCUT2D eigenvalue weighted by Crippen LogP contribution is 2.05. The minimum absolute atomic E-state index is 0.0346. The van der Waals surface area contributed by atoms with Crippen LogP contribution in [0.4, 0.5) is 4.79 Å². The van der Waals surface area contributed by atoms with Gasteiger partial charge >= 0.3 is 6.03 Å².